The Morgan fingerprint density at radius 3 is 2.41 bits per heavy atom. The molecule has 0 saturated carbocycles. The van der Waals surface area contributed by atoms with Crippen LogP contribution in [-0.2, 0) is 6.54 Å². The molecule has 3 rings (SSSR count). The van der Waals surface area contributed by atoms with Crippen molar-refractivity contribution in [1.29, 1.82) is 0 Å². The lowest BCUT2D eigenvalue weighted by atomic mass is 10.1. The van der Waals surface area contributed by atoms with Gasteiger partial charge in [-0.15, -0.1) is 24.0 Å². The van der Waals surface area contributed by atoms with Crippen molar-refractivity contribution in [3.8, 4) is 0 Å². The molecule has 0 radical (unpaired) electrons. The molecule has 1 aliphatic rings. The number of piperazine rings is 1. The van der Waals surface area contributed by atoms with E-state index in [2.05, 4.69) is 54.1 Å². The SMILES string of the molecule is CCNC(=NCCCCn1c(C)cccc1=O)N1CCN(c2cccc(C)c2C)CC1.I. The molecule has 32 heavy (non-hydrogen) atoms. The summed E-state index contributed by atoms with van der Waals surface area (Å²) in [6, 6.07) is 12.0. The van der Waals surface area contributed by atoms with Gasteiger partial charge in [0.05, 0.1) is 0 Å². The number of halogens is 1. The fourth-order valence-corrected chi connectivity index (χ4v) is 4.14. The van der Waals surface area contributed by atoms with E-state index in [1.165, 1.54) is 16.8 Å². The van der Waals surface area contributed by atoms with E-state index in [9.17, 15) is 4.79 Å². The molecule has 0 atom stereocenters. The Balaban J connectivity index is 0.00000363. The number of aliphatic imine (C=N–C) groups is 1. The summed E-state index contributed by atoms with van der Waals surface area (Å²) in [6.07, 6.45) is 1.92. The van der Waals surface area contributed by atoms with Crippen molar-refractivity contribution in [2.75, 3.05) is 44.2 Å². The highest BCUT2D eigenvalue weighted by Gasteiger charge is 2.21. The third kappa shape index (κ3) is 6.73. The molecule has 1 aromatic carbocycles. The first kappa shape index (κ1) is 26.2. The maximum Gasteiger partial charge on any atom is 0.250 e. The molecular weight excluding hydrogens is 513 g/mol. The zero-order chi connectivity index (χ0) is 22.2. The van der Waals surface area contributed by atoms with Gasteiger partial charge in [-0.25, -0.2) is 0 Å². The molecule has 1 aromatic heterocycles. The first-order valence-corrected chi connectivity index (χ1v) is 11.5. The van der Waals surface area contributed by atoms with Gasteiger partial charge in [0, 0.05) is 63.3 Å². The Morgan fingerprint density at radius 1 is 1.00 bits per heavy atom. The van der Waals surface area contributed by atoms with Gasteiger partial charge in [-0.1, -0.05) is 18.2 Å². The van der Waals surface area contributed by atoms with E-state index in [1.807, 2.05) is 23.6 Å². The molecule has 1 saturated heterocycles. The minimum atomic E-state index is 0. The van der Waals surface area contributed by atoms with E-state index in [-0.39, 0.29) is 29.5 Å². The summed E-state index contributed by atoms with van der Waals surface area (Å²) in [5.74, 6) is 1.01. The second-order valence-corrected chi connectivity index (χ2v) is 8.29. The van der Waals surface area contributed by atoms with Gasteiger partial charge >= 0.3 is 0 Å². The molecular formula is C25H38IN5O. The van der Waals surface area contributed by atoms with E-state index in [1.54, 1.807) is 6.07 Å². The number of rotatable bonds is 7. The van der Waals surface area contributed by atoms with Crippen LogP contribution in [0.1, 0.15) is 36.6 Å². The summed E-state index contributed by atoms with van der Waals surface area (Å²) in [4.78, 5) is 21.7. The smallest absolute Gasteiger partial charge is 0.250 e. The van der Waals surface area contributed by atoms with Crippen molar-refractivity contribution >= 4 is 35.6 Å². The molecule has 0 amide bonds. The van der Waals surface area contributed by atoms with Crippen LogP contribution in [0.15, 0.2) is 46.2 Å². The zero-order valence-electron chi connectivity index (χ0n) is 19.9. The van der Waals surface area contributed by atoms with Gasteiger partial charge in [0.25, 0.3) is 5.56 Å². The number of pyridine rings is 1. The van der Waals surface area contributed by atoms with Crippen LogP contribution in [0.25, 0.3) is 0 Å². The van der Waals surface area contributed by atoms with Crippen molar-refractivity contribution < 1.29 is 0 Å². The van der Waals surface area contributed by atoms with E-state index in [0.717, 1.165) is 70.3 Å². The second kappa shape index (κ2) is 12.9. The second-order valence-electron chi connectivity index (χ2n) is 8.29. The Bertz CT molecular complexity index is 948. The number of anilines is 1. The van der Waals surface area contributed by atoms with E-state index in [4.69, 9.17) is 4.99 Å². The van der Waals surface area contributed by atoms with Gasteiger partial charge in [-0.3, -0.25) is 9.79 Å². The van der Waals surface area contributed by atoms with Crippen LogP contribution in [0.2, 0.25) is 0 Å². The quantitative estimate of drug-likeness (QED) is 0.245. The summed E-state index contributed by atoms with van der Waals surface area (Å²) in [6.45, 7) is 14.9. The van der Waals surface area contributed by atoms with Crippen molar-refractivity contribution in [2.45, 2.75) is 47.1 Å². The molecule has 2 aromatic rings. The molecule has 1 fully saturated rings. The highest BCUT2D eigenvalue weighted by molar-refractivity contribution is 14.0. The summed E-state index contributed by atoms with van der Waals surface area (Å²) in [5.41, 5.74) is 5.18. The van der Waals surface area contributed by atoms with Gasteiger partial charge in [0.15, 0.2) is 5.96 Å². The molecule has 1 N–H and O–H groups in total. The number of unbranched alkanes of at least 4 members (excludes halogenated alkanes) is 1. The molecule has 2 heterocycles. The summed E-state index contributed by atoms with van der Waals surface area (Å²) < 4.78 is 1.85. The van der Waals surface area contributed by atoms with Gasteiger partial charge in [-0.2, -0.15) is 0 Å². The minimum Gasteiger partial charge on any atom is -0.368 e. The van der Waals surface area contributed by atoms with Crippen molar-refractivity contribution in [3.63, 3.8) is 0 Å². The third-order valence-corrected chi connectivity index (χ3v) is 6.15. The Kier molecular flexibility index (Phi) is 10.5. The van der Waals surface area contributed by atoms with Crippen LogP contribution in [0.3, 0.4) is 0 Å². The number of nitrogens with one attached hydrogen (secondary N) is 1. The van der Waals surface area contributed by atoms with Gasteiger partial charge in [0.2, 0.25) is 0 Å². The van der Waals surface area contributed by atoms with Gasteiger partial charge < -0.3 is 19.7 Å². The zero-order valence-corrected chi connectivity index (χ0v) is 22.3. The summed E-state index contributed by atoms with van der Waals surface area (Å²) >= 11 is 0. The average Bonchev–Trinajstić information content (AvgIpc) is 2.76. The number of guanidine groups is 1. The van der Waals surface area contributed by atoms with Crippen molar-refractivity contribution in [3.05, 3.63) is 63.6 Å². The molecule has 7 heteroatoms. The van der Waals surface area contributed by atoms with Gasteiger partial charge in [0.1, 0.15) is 0 Å². The number of aromatic nitrogens is 1. The monoisotopic (exact) mass is 551 g/mol. The number of hydrogen-bond donors (Lipinski definition) is 1. The lowest BCUT2D eigenvalue weighted by Gasteiger charge is -2.38. The first-order chi connectivity index (χ1) is 15.0. The fraction of sp³-hybridized carbons (Fsp3) is 0.520. The fourth-order valence-electron chi connectivity index (χ4n) is 4.14. The van der Waals surface area contributed by atoms with Crippen LogP contribution in [0.5, 0.6) is 0 Å². The Morgan fingerprint density at radius 2 is 1.72 bits per heavy atom. The standard InChI is InChI=1S/C25H37N5O.HI/c1-5-26-25(27-14-6-7-15-30-21(3)11-9-13-24(30)31)29-18-16-28(17-19-29)23-12-8-10-20(2)22(23)4;/h8-13H,5-7,14-19H2,1-4H3,(H,26,27);1H. The average molecular weight is 552 g/mol. The molecule has 0 spiro atoms. The summed E-state index contributed by atoms with van der Waals surface area (Å²) in [7, 11) is 0. The third-order valence-electron chi connectivity index (χ3n) is 6.15. The van der Waals surface area contributed by atoms with Crippen LogP contribution in [0, 0.1) is 20.8 Å². The number of benzene rings is 1. The Labute approximate surface area is 209 Å². The van der Waals surface area contributed by atoms with Crippen molar-refractivity contribution in [2.24, 2.45) is 4.99 Å². The predicted octanol–water partition coefficient (Wildman–Crippen LogP) is 3.96. The molecule has 0 bridgehead atoms. The minimum absolute atomic E-state index is 0. The predicted molar refractivity (Wildman–Crippen MR) is 146 cm³/mol. The number of aryl methyl sites for hydroxylation is 2. The molecule has 0 unspecified atom stereocenters. The number of hydrogen-bond acceptors (Lipinski definition) is 3. The Hall–Kier alpha value is -2.03. The van der Waals surface area contributed by atoms with Crippen LogP contribution in [0.4, 0.5) is 5.69 Å². The van der Waals surface area contributed by atoms with E-state index < -0.39 is 0 Å². The molecule has 0 aliphatic carbocycles. The maximum absolute atomic E-state index is 12.0. The largest absolute Gasteiger partial charge is 0.368 e. The summed E-state index contributed by atoms with van der Waals surface area (Å²) in [5, 5.41) is 3.46. The normalized spacial score (nSPS) is 14.3. The lowest BCUT2D eigenvalue weighted by Crippen LogP contribution is -2.52. The topological polar surface area (TPSA) is 52.9 Å². The molecule has 176 valence electrons. The van der Waals surface area contributed by atoms with Gasteiger partial charge in [-0.05, 0) is 63.8 Å². The van der Waals surface area contributed by atoms with Crippen LogP contribution in [-0.4, -0.2) is 54.7 Å². The maximum atomic E-state index is 12.0. The highest BCUT2D eigenvalue weighted by atomic mass is 127. The first-order valence-electron chi connectivity index (χ1n) is 11.5. The lowest BCUT2D eigenvalue weighted by molar-refractivity contribution is 0.372. The van der Waals surface area contributed by atoms with Crippen molar-refractivity contribution in [1.82, 2.24) is 14.8 Å². The highest BCUT2D eigenvalue weighted by Crippen LogP contribution is 2.23. The molecule has 6 nitrogen and oxygen atoms in total. The van der Waals surface area contributed by atoms with E-state index >= 15 is 0 Å². The molecule has 1 aliphatic heterocycles. The number of nitrogens with zero attached hydrogens (tertiary/aromatic N) is 4. The van der Waals surface area contributed by atoms with E-state index in [0.29, 0.717) is 0 Å². The van der Waals surface area contributed by atoms with Crippen LogP contribution >= 0.6 is 24.0 Å². The van der Waals surface area contributed by atoms with Crippen LogP contribution < -0.4 is 15.8 Å².